The van der Waals surface area contributed by atoms with Crippen molar-refractivity contribution in [2.75, 3.05) is 19.6 Å². The number of carbonyl (C=O) groups is 2. The molecule has 2 atom stereocenters. The van der Waals surface area contributed by atoms with Crippen molar-refractivity contribution in [2.24, 2.45) is 11.3 Å². The van der Waals surface area contributed by atoms with Gasteiger partial charge in [-0.3, -0.25) is 14.7 Å². The molecule has 2 aliphatic rings. The number of rotatable bonds is 2. The maximum atomic E-state index is 13.7. The Balaban J connectivity index is 1.72. The van der Waals surface area contributed by atoms with E-state index in [0.29, 0.717) is 25.2 Å². The lowest BCUT2D eigenvalue weighted by Crippen LogP contribution is -2.79. The zero-order valence-corrected chi connectivity index (χ0v) is 18.1. The van der Waals surface area contributed by atoms with E-state index in [1.165, 1.54) is 0 Å². The van der Waals surface area contributed by atoms with Gasteiger partial charge in [-0.25, -0.2) is 4.79 Å². The van der Waals surface area contributed by atoms with Crippen LogP contribution < -0.4 is 0 Å². The Morgan fingerprint density at radius 3 is 2.60 bits per heavy atom. The average Bonchev–Trinajstić information content (AvgIpc) is 2.67. The van der Waals surface area contributed by atoms with Crippen molar-refractivity contribution >= 4 is 12.0 Å². The second kappa shape index (κ2) is 7.11. The third-order valence-corrected chi connectivity index (χ3v) is 6.90. The monoisotopic (exact) mass is 407 g/mol. The maximum absolute atomic E-state index is 13.7. The summed E-state index contributed by atoms with van der Waals surface area (Å²) in [7, 11) is 0. The Morgan fingerprint density at radius 2 is 1.97 bits per heavy atom. The van der Waals surface area contributed by atoms with Gasteiger partial charge in [-0.1, -0.05) is 44.5 Å². The largest absolute Gasteiger partial charge is 0.465 e. The topological polar surface area (TPSA) is 73.7 Å². The van der Waals surface area contributed by atoms with Crippen LogP contribution in [0.4, 0.5) is 4.79 Å². The molecule has 6 heteroatoms. The molecule has 2 saturated heterocycles. The van der Waals surface area contributed by atoms with Crippen LogP contribution in [-0.4, -0.2) is 57.1 Å². The summed E-state index contributed by atoms with van der Waals surface area (Å²) in [4.78, 5) is 33.5. The molecule has 2 aliphatic heterocycles. The molecule has 6 nitrogen and oxygen atoms in total. The number of hydrogen-bond donors (Lipinski definition) is 1. The fraction of sp³-hybridized carbons (Fsp3) is 0.458. The highest BCUT2D eigenvalue weighted by atomic mass is 16.4. The summed E-state index contributed by atoms with van der Waals surface area (Å²) < 4.78 is 0. The van der Waals surface area contributed by atoms with Crippen LogP contribution in [0, 0.1) is 18.3 Å². The summed E-state index contributed by atoms with van der Waals surface area (Å²) in [5.74, 6) is 0.226. The zero-order chi connectivity index (χ0) is 21.7. The van der Waals surface area contributed by atoms with Gasteiger partial charge in [0.15, 0.2) is 0 Å². The van der Waals surface area contributed by atoms with Crippen LogP contribution in [0.2, 0.25) is 0 Å². The highest BCUT2D eigenvalue weighted by Gasteiger charge is 2.64. The molecule has 30 heavy (non-hydrogen) atoms. The first-order valence-electron chi connectivity index (χ1n) is 10.5. The number of pyridine rings is 1. The number of fused-ring (bicyclic) bond motifs is 1. The van der Waals surface area contributed by atoms with E-state index in [4.69, 9.17) is 0 Å². The predicted octanol–water partition coefficient (Wildman–Crippen LogP) is 4.30. The smallest absolute Gasteiger partial charge is 0.407 e. The Labute approximate surface area is 177 Å². The Hall–Kier alpha value is -2.89. The molecule has 158 valence electrons. The molecular formula is C24H29N3O3. The van der Waals surface area contributed by atoms with Crippen LogP contribution in [-0.2, 0) is 0 Å². The molecule has 2 fully saturated rings. The lowest BCUT2D eigenvalue weighted by atomic mass is 9.57. The minimum atomic E-state index is -0.903. The van der Waals surface area contributed by atoms with E-state index in [1.807, 2.05) is 48.2 Å². The molecule has 0 bridgehead atoms. The summed E-state index contributed by atoms with van der Waals surface area (Å²) in [6.45, 7) is 9.82. The molecule has 2 amide bonds. The molecule has 4 rings (SSSR count). The van der Waals surface area contributed by atoms with Gasteiger partial charge in [-0.05, 0) is 37.0 Å². The highest BCUT2D eigenvalue weighted by Crippen LogP contribution is 2.53. The van der Waals surface area contributed by atoms with Gasteiger partial charge in [-0.2, -0.15) is 0 Å². The van der Waals surface area contributed by atoms with Crippen LogP contribution in [0.25, 0.3) is 11.3 Å². The second-order valence-corrected chi connectivity index (χ2v) is 9.54. The summed E-state index contributed by atoms with van der Waals surface area (Å²) in [5.41, 5.74) is 2.37. The highest BCUT2D eigenvalue weighted by molar-refractivity contribution is 6.01. The van der Waals surface area contributed by atoms with Gasteiger partial charge in [0.2, 0.25) is 0 Å². The van der Waals surface area contributed by atoms with Crippen LogP contribution in [0.15, 0.2) is 42.6 Å². The first kappa shape index (κ1) is 20.4. The Bertz CT molecular complexity index is 983. The van der Waals surface area contributed by atoms with Crippen LogP contribution >= 0.6 is 0 Å². The summed E-state index contributed by atoms with van der Waals surface area (Å²) in [6.07, 6.45) is 1.64. The average molecular weight is 408 g/mol. The van der Waals surface area contributed by atoms with Crippen LogP contribution in [0.1, 0.15) is 43.1 Å². The number of carbonyl (C=O) groups excluding carboxylic acids is 1. The fourth-order valence-electron chi connectivity index (χ4n) is 5.30. The molecule has 1 unspecified atom stereocenters. The molecule has 0 radical (unpaired) electrons. The third kappa shape index (κ3) is 3.06. The number of likely N-dealkylation sites (tertiary alicyclic amines) is 2. The first-order chi connectivity index (χ1) is 14.1. The normalized spacial score (nSPS) is 23.5. The number of piperidine rings is 1. The molecular weight excluding hydrogens is 378 g/mol. The van der Waals surface area contributed by atoms with E-state index in [9.17, 15) is 14.7 Å². The fourth-order valence-corrected chi connectivity index (χ4v) is 5.30. The standard InChI is InChI=1S/C24H29N3O3/c1-16-8-9-18(20-7-5-6-11-25-20)19(13-16)21(28)26-12-10-17-14-27(22(29)30)24(17,15-26)23(2,3)4/h5-9,11,13,17H,10,12,14-15H2,1-4H3,(H,29,30)/t17-,24?/m0/s1. The minimum absolute atomic E-state index is 0.0568. The van der Waals surface area contributed by atoms with Crippen molar-refractivity contribution in [1.82, 2.24) is 14.8 Å². The summed E-state index contributed by atoms with van der Waals surface area (Å²) in [5, 5.41) is 9.79. The number of amides is 2. The van der Waals surface area contributed by atoms with Gasteiger partial charge in [0.25, 0.3) is 5.91 Å². The number of aromatic nitrogens is 1. The van der Waals surface area contributed by atoms with Gasteiger partial charge in [-0.15, -0.1) is 0 Å². The van der Waals surface area contributed by atoms with Crippen molar-refractivity contribution in [3.05, 3.63) is 53.7 Å². The minimum Gasteiger partial charge on any atom is -0.465 e. The molecule has 0 spiro atoms. The van der Waals surface area contributed by atoms with Gasteiger partial charge >= 0.3 is 6.09 Å². The van der Waals surface area contributed by atoms with Gasteiger partial charge < -0.3 is 10.0 Å². The maximum Gasteiger partial charge on any atom is 0.407 e. The van der Waals surface area contributed by atoms with Crippen LogP contribution in [0.5, 0.6) is 0 Å². The second-order valence-electron chi connectivity index (χ2n) is 9.54. The van der Waals surface area contributed by atoms with Crippen molar-refractivity contribution in [2.45, 2.75) is 39.7 Å². The number of benzene rings is 1. The van der Waals surface area contributed by atoms with Crippen molar-refractivity contribution in [3.8, 4) is 11.3 Å². The Kier molecular flexibility index (Phi) is 4.83. The number of hydrogen-bond acceptors (Lipinski definition) is 3. The summed E-state index contributed by atoms with van der Waals surface area (Å²) in [6, 6.07) is 11.5. The van der Waals surface area contributed by atoms with Crippen molar-refractivity contribution in [3.63, 3.8) is 0 Å². The van der Waals surface area contributed by atoms with E-state index in [-0.39, 0.29) is 17.2 Å². The molecule has 1 aromatic carbocycles. The molecule has 1 N–H and O–H groups in total. The van der Waals surface area contributed by atoms with E-state index < -0.39 is 11.6 Å². The number of nitrogens with zero attached hydrogens (tertiary/aromatic N) is 3. The summed E-state index contributed by atoms with van der Waals surface area (Å²) >= 11 is 0. The SMILES string of the molecule is Cc1ccc(-c2ccccn2)c(C(=O)N2CC[C@H]3CN(C(=O)O)C3(C(C)(C)C)C2)c1. The number of carboxylic acid groups (broad SMARTS) is 1. The third-order valence-electron chi connectivity index (χ3n) is 6.90. The van der Waals surface area contributed by atoms with Crippen LogP contribution in [0.3, 0.4) is 0 Å². The van der Waals surface area contributed by atoms with Gasteiger partial charge in [0, 0.05) is 42.9 Å². The Morgan fingerprint density at radius 1 is 1.20 bits per heavy atom. The molecule has 3 heterocycles. The van der Waals surface area contributed by atoms with Crippen molar-refractivity contribution in [1.29, 1.82) is 0 Å². The van der Waals surface area contributed by atoms with E-state index in [2.05, 4.69) is 25.8 Å². The quantitative estimate of drug-likeness (QED) is 0.806. The van der Waals surface area contributed by atoms with Gasteiger partial charge in [0.1, 0.15) is 0 Å². The molecule has 0 aliphatic carbocycles. The van der Waals surface area contributed by atoms with E-state index in [0.717, 1.165) is 23.2 Å². The zero-order valence-electron chi connectivity index (χ0n) is 18.1. The lowest BCUT2D eigenvalue weighted by molar-refractivity contribution is -0.158. The molecule has 1 aromatic heterocycles. The van der Waals surface area contributed by atoms with Crippen molar-refractivity contribution < 1.29 is 14.7 Å². The predicted molar refractivity (Wildman–Crippen MR) is 115 cm³/mol. The number of aryl methyl sites for hydroxylation is 1. The van der Waals surface area contributed by atoms with Gasteiger partial charge in [0.05, 0.1) is 11.2 Å². The van der Waals surface area contributed by atoms with E-state index in [1.54, 1.807) is 11.1 Å². The lowest BCUT2D eigenvalue weighted by Gasteiger charge is -2.67. The molecule has 2 aromatic rings. The molecule has 0 saturated carbocycles. The van der Waals surface area contributed by atoms with E-state index >= 15 is 0 Å². The first-order valence-corrected chi connectivity index (χ1v) is 10.5.